The minimum Gasteiger partial charge on any atom is -0.367 e. The first-order valence-electron chi connectivity index (χ1n) is 9.55. The third kappa shape index (κ3) is 5.11. The molecule has 0 amide bonds. The third-order valence-electron chi connectivity index (χ3n) is 4.77. The summed E-state index contributed by atoms with van der Waals surface area (Å²) in [5.74, 6) is 0. The van der Waals surface area contributed by atoms with Crippen molar-refractivity contribution in [3.63, 3.8) is 0 Å². The molecule has 0 saturated carbocycles. The lowest BCUT2D eigenvalue weighted by molar-refractivity contribution is 0.0254. The topological polar surface area (TPSA) is 39.9 Å². The van der Waals surface area contributed by atoms with Crippen molar-refractivity contribution >= 4 is 11.6 Å². The number of aromatic nitrogens is 3. The second-order valence-electron chi connectivity index (χ2n) is 7.03. The summed E-state index contributed by atoms with van der Waals surface area (Å²) in [4.78, 5) is 0. The Labute approximate surface area is 175 Å². The summed E-state index contributed by atoms with van der Waals surface area (Å²) >= 11 is 6.06. The van der Waals surface area contributed by atoms with Gasteiger partial charge in [-0.05, 0) is 30.2 Å². The Balaban J connectivity index is 1.53. The van der Waals surface area contributed by atoms with Crippen molar-refractivity contribution < 1.29 is 4.74 Å². The standard InChI is InChI=1S/C24H22ClN3O/c1-18-7-9-20(10-8-18)23-15-28(27-26-23)16-24(21-11-13-22(25)14-12-21)29-17-19-5-3-2-4-6-19/h2-15,24H,16-17H2,1H3. The van der Waals surface area contributed by atoms with Gasteiger partial charge in [0.1, 0.15) is 11.8 Å². The van der Waals surface area contributed by atoms with Crippen molar-refractivity contribution in [3.8, 4) is 11.3 Å². The van der Waals surface area contributed by atoms with Crippen molar-refractivity contribution in [2.45, 2.75) is 26.2 Å². The van der Waals surface area contributed by atoms with Crippen LogP contribution in [0.2, 0.25) is 5.02 Å². The van der Waals surface area contributed by atoms with Gasteiger partial charge in [-0.1, -0.05) is 89.1 Å². The number of ether oxygens (including phenoxy) is 1. The van der Waals surface area contributed by atoms with Crippen LogP contribution in [0, 0.1) is 6.92 Å². The van der Waals surface area contributed by atoms with Gasteiger partial charge in [0, 0.05) is 10.6 Å². The normalized spacial score (nSPS) is 12.1. The predicted molar refractivity (Wildman–Crippen MR) is 116 cm³/mol. The number of aryl methyl sites for hydroxylation is 1. The summed E-state index contributed by atoms with van der Waals surface area (Å²) in [5.41, 5.74) is 5.30. The van der Waals surface area contributed by atoms with E-state index in [1.165, 1.54) is 5.56 Å². The van der Waals surface area contributed by atoms with E-state index in [1.807, 2.05) is 53.3 Å². The number of nitrogens with zero attached hydrogens (tertiary/aromatic N) is 3. The second-order valence-corrected chi connectivity index (χ2v) is 7.47. The van der Waals surface area contributed by atoms with Gasteiger partial charge in [0.15, 0.2) is 0 Å². The molecule has 1 aromatic heterocycles. The number of halogens is 1. The summed E-state index contributed by atoms with van der Waals surface area (Å²) in [7, 11) is 0. The van der Waals surface area contributed by atoms with E-state index in [9.17, 15) is 0 Å². The minimum absolute atomic E-state index is 0.167. The van der Waals surface area contributed by atoms with Gasteiger partial charge in [-0.3, -0.25) is 0 Å². The molecule has 0 aliphatic heterocycles. The molecule has 0 saturated heterocycles. The molecule has 0 aliphatic carbocycles. The van der Waals surface area contributed by atoms with Gasteiger partial charge in [-0.15, -0.1) is 5.10 Å². The molecule has 146 valence electrons. The van der Waals surface area contributed by atoms with E-state index in [1.54, 1.807) is 0 Å². The molecule has 0 fully saturated rings. The van der Waals surface area contributed by atoms with Gasteiger partial charge in [-0.2, -0.15) is 0 Å². The molecular weight excluding hydrogens is 382 g/mol. The van der Waals surface area contributed by atoms with Gasteiger partial charge in [0.2, 0.25) is 0 Å². The third-order valence-corrected chi connectivity index (χ3v) is 5.03. The Hall–Kier alpha value is -2.95. The molecule has 0 bridgehead atoms. The quantitative estimate of drug-likeness (QED) is 0.387. The van der Waals surface area contributed by atoms with Crippen LogP contribution in [0.5, 0.6) is 0 Å². The highest BCUT2D eigenvalue weighted by Gasteiger charge is 2.15. The monoisotopic (exact) mass is 403 g/mol. The lowest BCUT2D eigenvalue weighted by Crippen LogP contribution is -2.13. The smallest absolute Gasteiger partial charge is 0.113 e. The molecule has 3 aromatic carbocycles. The minimum atomic E-state index is -0.167. The first-order chi connectivity index (χ1) is 14.2. The molecule has 1 heterocycles. The molecule has 4 rings (SSSR count). The van der Waals surface area contributed by atoms with E-state index in [4.69, 9.17) is 16.3 Å². The molecule has 0 spiro atoms. The summed E-state index contributed by atoms with van der Waals surface area (Å²) < 4.78 is 8.09. The van der Waals surface area contributed by atoms with Crippen LogP contribution in [0.25, 0.3) is 11.3 Å². The van der Waals surface area contributed by atoms with E-state index in [-0.39, 0.29) is 6.10 Å². The van der Waals surface area contributed by atoms with E-state index < -0.39 is 0 Å². The highest BCUT2D eigenvalue weighted by atomic mass is 35.5. The van der Waals surface area contributed by atoms with Crippen LogP contribution in [0.4, 0.5) is 0 Å². The van der Waals surface area contributed by atoms with Gasteiger partial charge >= 0.3 is 0 Å². The zero-order valence-electron chi connectivity index (χ0n) is 16.2. The first-order valence-corrected chi connectivity index (χ1v) is 9.93. The van der Waals surface area contributed by atoms with E-state index in [2.05, 4.69) is 53.6 Å². The van der Waals surface area contributed by atoms with Crippen molar-refractivity contribution in [3.05, 3.63) is 107 Å². The zero-order chi connectivity index (χ0) is 20.1. The van der Waals surface area contributed by atoms with E-state index in [0.29, 0.717) is 18.2 Å². The van der Waals surface area contributed by atoms with Crippen molar-refractivity contribution in [2.75, 3.05) is 0 Å². The lowest BCUT2D eigenvalue weighted by Gasteiger charge is -2.18. The molecule has 0 N–H and O–H groups in total. The van der Waals surface area contributed by atoms with Crippen LogP contribution in [0.15, 0.2) is 85.1 Å². The SMILES string of the molecule is Cc1ccc(-c2cn(CC(OCc3ccccc3)c3ccc(Cl)cc3)nn2)cc1. The number of hydrogen-bond donors (Lipinski definition) is 0. The number of rotatable bonds is 7. The van der Waals surface area contributed by atoms with Gasteiger partial charge in [-0.25, -0.2) is 4.68 Å². The Kier molecular flexibility index (Phi) is 6.03. The van der Waals surface area contributed by atoms with Crippen molar-refractivity contribution in [1.82, 2.24) is 15.0 Å². The van der Waals surface area contributed by atoms with Gasteiger partial charge < -0.3 is 4.74 Å². The molecule has 5 heteroatoms. The Bertz CT molecular complexity index is 1040. The average molecular weight is 404 g/mol. The number of benzene rings is 3. The molecule has 1 atom stereocenters. The zero-order valence-corrected chi connectivity index (χ0v) is 17.0. The maximum atomic E-state index is 6.26. The Morgan fingerprint density at radius 1 is 0.931 bits per heavy atom. The first kappa shape index (κ1) is 19.4. The highest BCUT2D eigenvalue weighted by Crippen LogP contribution is 2.24. The summed E-state index contributed by atoms with van der Waals surface area (Å²) in [6.07, 6.45) is 1.79. The Morgan fingerprint density at radius 3 is 2.38 bits per heavy atom. The molecule has 29 heavy (non-hydrogen) atoms. The maximum Gasteiger partial charge on any atom is 0.113 e. The lowest BCUT2D eigenvalue weighted by atomic mass is 10.1. The molecule has 4 aromatic rings. The van der Waals surface area contributed by atoms with Gasteiger partial charge in [0.05, 0.1) is 19.3 Å². The largest absolute Gasteiger partial charge is 0.367 e. The predicted octanol–water partition coefficient (Wildman–Crippen LogP) is 5.87. The van der Waals surface area contributed by atoms with Crippen LogP contribution in [-0.2, 0) is 17.9 Å². The van der Waals surface area contributed by atoms with Crippen LogP contribution in [0.1, 0.15) is 22.8 Å². The van der Waals surface area contributed by atoms with Crippen LogP contribution >= 0.6 is 11.6 Å². The fraction of sp³-hybridized carbons (Fsp3) is 0.167. The van der Waals surface area contributed by atoms with Crippen molar-refractivity contribution in [1.29, 1.82) is 0 Å². The Morgan fingerprint density at radius 2 is 1.66 bits per heavy atom. The maximum absolute atomic E-state index is 6.26. The molecule has 0 radical (unpaired) electrons. The van der Waals surface area contributed by atoms with Crippen molar-refractivity contribution in [2.24, 2.45) is 0 Å². The fourth-order valence-corrected chi connectivity index (χ4v) is 3.24. The van der Waals surface area contributed by atoms with E-state index in [0.717, 1.165) is 22.4 Å². The number of hydrogen-bond acceptors (Lipinski definition) is 3. The molecule has 1 unspecified atom stereocenters. The van der Waals surface area contributed by atoms with Crippen LogP contribution in [-0.4, -0.2) is 15.0 Å². The average Bonchev–Trinajstić information content (AvgIpc) is 3.22. The molecule has 4 nitrogen and oxygen atoms in total. The molecule has 0 aliphatic rings. The summed E-state index contributed by atoms with van der Waals surface area (Å²) in [5, 5.41) is 9.35. The fourth-order valence-electron chi connectivity index (χ4n) is 3.12. The summed E-state index contributed by atoms with van der Waals surface area (Å²) in [6, 6.07) is 26.2. The highest BCUT2D eigenvalue weighted by molar-refractivity contribution is 6.30. The van der Waals surface area contributed by atoms with Gasteiger partial charge in [0.25, 0.3) is 0 Å². The van der Waals surface area contributed by atoms with E-state index >= 15 is 0 Å². The molecular formula is C24H22ClN3O. The van der Waals surface area contributed by atoms with Crippen LogP contribution in [0.3, 0.4) is 0 Å². The summed E-state index contributed by atoms with van der Waals surface area (Å²) in [6.45, 7) is 3.16. The van der Waals surface area contributed by atoms with Crippen LogP contribution < -0.4 is 0 Å². The second kappa shape index (κ2) is 9.03.